The molecule has 1 aliphatic rings. The number of likely N-dealkylation sites (N-methyl/N-ethyl adjacent to an activating group) is 1. The first-order chi connectivity index (χ1) is 12.1. The Morgan fingerprint density at radius 2 is 1.72 bits per heavy atom. The molecule has 0 radical (unpaired) electrons. The van der Waals surface area contributed by atoms with Gasteiger partial charge in [0.05, 0.1) is 0 Å². The van der Waals surface area contributed by atoms with Crippen LogP contribution < -0.4 is 10.2 Å². The van der Waals surface area contributed by atoms with Crippen molar-refractivity contribution in [1.29, 1.82) is 0 Å². The Morgan fingerprint density at radius 3 is 2.36 bits per heavy atom. The molecule has 1 amide bonds. The summed E-state index contributed by atoms with van der Waals surface area (Å²) in [6.07, 6.45) is 2.55. The average Bonchev–Trinajstić information content (AvgIpc) is 3.17. The highest BCUT2D eigenvalue weighted by atomic mass is 16.2. The highest BCUT2D eigenvalue weighted by Crippen LogP contribution is 2.22. The van der Waals surface area contributed by atoms with E-state index in [1.807, 2.05) is 44.3 Å². The fourth-order valence-corrected chi connectivity index (χ4v) is 3.32. The Morgan fingerprint density at radius 1 is 1.08 bits per heavy atom. The SMILES string of the molecule is C[C@H](Nc1ccc(N2CCCC2)cc1)C(=O)N(C)Cc1ccccc1. The van der Waals surface area contributed by atoms with Gasteiger partial charge in [-0.05, 0) is 49.6 Å². The summed E-state index contributed by atoms with van der Waals surface area (Å²) in [6, 6.07) is 18.2. The molecule has 1 atom stereocenters. The molecule has 1 N–H and O–H groups in total. The van der Waals surface area contributed by atoms with Crippen LogP contribution in [0.3, 0.4) is 0 Å². The van der Waals surface area contributed by atoms with Crippen LogP contribution in [0.5, 0.6) is 0 Å². The monoisotopic (exact) mass is 337 g/mol. The summed E-state index contributed by atoms with van der Waals surface area (Å²) < 4.78 is 0. The molecule has 0 bridgehead atoms. The lowest BCUT2D eigenvalue weighted by atomic mass is 10.2. The minimum absolute atomic E-state index is 0.0903. The van der Waals surface area contributed by atoms with Gasteiger partial charge in [0, 0.05) is 38.1 Å². The number of nitrogens with one attached hydrogen (secondary N) is 1. The van der Waals surface area contributed by atoms with Gasteiger partial charge in [-0.2, -0.15) is 0 Å². The quantitative estimate of drug-likeness (QED) is 0.872. The number of benzene rings is 2. The topological polar surface area (TPSA) is 35.6 Å². The normalized spacial score (nSPS) is 15.0. The maximum absolute atomic E-state index is 12.6. The number of amides is 1. The van der Waals surface area contributed by atoms with Crippen LogP contribution in [0.25, 0.3) is 0 Å². The molecular formula is C21H27N3O. The zero-order valence-corrected chi connectivity index (χ0v) is 15.1. The molecule has 0 unspecified atom stereocenters. The van der Waals surface area contributed by atoms with E-state index in [2.05, 4.69) is 34.5 Å². The van der Waals surface area contributed by atoms with Gasteiger partial charge >= 0.3 is 0 Å². The van der Waals surface area contributed by atoms with Gasteiger partial charge in [0.1, 0.15) is 6.04 Å². The zero-order chi connectivity index (χ0) is 17.6. The van der Waals surface area contributed by atoms with E-state index in [4.69, 9.17) is 0 Å². The number of nitrogens with zero attached hydrogens (tertiary/aromatic N) is 2. The minimum atomic E-state index is -0.258. The fraction of sp³-hybridized carbons (Fsp3) is 0.381. The molecule has 25 heavy (non-hydrogen) atoms. The highest BCUT2D eigenvalue weighted by Gasteiger charge is 2.18. The second-order valence-corrected chi connectivity index (χ2v) is 6.79. The molecule has 0 spiro atoms. The molecule has 2 aromatic carbocycles. The predicted molar refractivity (Wildman–Crippen MR) is 104 cm³/mol. The van der Waals surface area contributed by atoms with Gasteiger partial charge in [0.15, 0.2) is 0 Å². The van der Waals surface area contributed by atoms with Crippen molar-refractivity contribution < 1.29 is 4.79 Å². The molecule has 1 aliphatic heterocycles. The van der Waals surface area contributed by atoms with E-state index in [0.717, 1.165) is 24.3 Å². The number of anilines is 2. The molecule has 1 fully saturated rings. The summed E-state index contributed by atoms with van der Waals surface area (Å²) in [5, 5.41) is 3.32. The van der Waals surface area contributed by atoms with Crippen molar-refractivity contribution in [2.24, 2.45) is 0 Å². The number of rotatable bonds is 6. The Hall–Kier alpha value is -2.49. The third-order valence-electron chi connectivity index (χ3n) is 4.73. The number of carbonyl (C=O) groups is 1. The van der Waals surface area contributed by atoms with Crippen molar-refractivity contribution >= 4 is 17.3 Å². The van der Waals surface area contributed by atoms with E-state index in [1.165, 1.54) is 18.5 Å². The van der Waals surface area contributed by atoms with Crippen LogP contribution in [0, 0.1) is 0 Å². The zero-order valence-electron chi connectivity index (χ0n) is 15.1. The number of hydrogen-bond acceptors (Lipinski definition) is 3. The maximum atomic E-state index is 12.6. The summed E-state index contributed by atoms with van der Waals surface area (Å²) in [5.41, 5.74) is 3.39. The molecule has 3 rings (SSSR count). The van der Waals surface area contributed by atoms with Crippen molar-refractivity contribution in [3.63, 3.8) is 0 Å². The lowest BCUT2D eigenvalue weighted by molar-refractivity contribution is -0.130. The summed E-state index contributed by atoms with van der Waals surface area (Å²) in [4.78, 5) is 16.8. The third kappa shape index (κ3) is 4.53. The number of hydrogen-bond donors (Lipinski definition) is 1. The first-order valence-corrected chi connectivity index (χ1v) is 9.04. The van der Waals surface area contributed by atoms with Crippen molar-refractivity contribution in [3.8, 4) is 0 Å². The van der Waals surface area contributed by atoms with Crippen LogP contribution in [0.15, 0.2) is 54.6 Å². The fourth-order valence-electron chi connectivity index (χ4n) is 3.32. The molecule has 1 saturated heterocycles. The van der Waals surface area contributed by atoms with Crippen LogP contribution in [-0.2, 0) is 11.3 Å². The Bertz CT molecular complexity index is 678. The van der Waals surface area contributed by atoms with E-state index in [0.29, 0.717) is 6.54 Å². The second kappa shape index (κ2) is 8.06. The van der Waals surface area contributed by atoms with E-state index >= 15 is 0 Å². The van der Waals surface area contributed by atoms with Crippen LogP contribution in [0.1, 0.15) is 25.3 Å². The first-order valence-electron chi connectivity index (χ1n) is 9.04. The summed E-state index contributed by atoms with van der Waals surface area (Å²) in [7, 11) is 1.85. The van der Waals surface area contributed by atoms with Crippen LogP contribution in [0.4, 0.5) is 11.4 Å². The maximum Gasteiger partial charge on any atom is 0.244 e. The van der Waals surface area contributed by atoms with E-state index in [-0.39, 0.29) is 11.9 Å². The molecule has 0 saturated carbocycles. The first kappa shape index (κ1) is 17.3. The summed E-state index contributed by atoms with van der Waals surface area (Å²) in [5.74, 6) is 0.0903. The Kier molecular flexibility index (Phi) is 5.59. The molecule has 1 heterocycles. The van der Waals surface area contributed by atoms with E-state index < -0.39 is 0 Å². The van der Waals surface area contributed by atoms with Gasteiger partial charge in [-0.3, -0.25) is 4.79 Å². The Labute approximate surface area is 150 Å². The van der Waals surface area contributed by atoms with Gasteiger partial charge in [0.25, 0.3) is 0 Å². The van der Waals surface area contributed by atoms with Crippen molar-refractivity contribution in [2.45, 2.75) is 32.4 Å². The smallest absolute Gasteiger partial charge is 0.244 e. The third-order valence-corrected chi connectivity index (χ3v) is 4.73. The standard InChI is InChI=1S/C21H27N3O/c1-17(21(25)23(2)16-18-8-4-3-5-9-18)22-19-10-12-20(13-11-19)24-14-6-7-15-24/h3-5,8-13,17,22H,6-7,14-16H2,1-2H3/t17-/m0/s1. The van der Waals surface area contributed by atoms with Crippen LogP contribution in [-0.4, -0.2) is 37.0 Å². The molecule has 132 valence electrons. The molecule has 4 heteroatoms. The summed E-state index contributed by atoms with van der Waals surface area (Å²) in [6.45, 7) is 4.83. The van der Waals surface area contributed by atoms with Gasteiger partial charge in [0.2, 0.25) is 5.91 Å². The Balaban J connectivity index is 1.55. The summed E-state index contributed by atoms with van der Waals surface area (Å²) >= 11 is 0. The van der Waals surface area contributed by atoms with E-state index in [9.17, 15) is 4.79 Å². The minimum Gasteiger partial charge on any atom is -0.374 e. The molecule has 0 aliphatic carbocycles. The van der Waals surface area contributed by atoms with Crippen molar-refractivity contribution in [1.82, 2.24) is 4.90 Å². The molecule has 2 aromatic rings. The van der Waals surface area contributed by atoms with Gasteiger partial charge in [-0.25, -0.2) is 0 Å². The van der Waals surface area contributed by atoms with Gasteiger partial charge in [-0.15, -0.1) is 0 Å². The van der Waals surface area contributed by atoms with Crippen molar-refractivity contribution in [3.05, 3.63) is 60.2 Å². The van der Waals surface area contributed by atoms with E-state index in [1.54, 1.807) is 4.90 Å². The van der Waals surface area contributed by atoms with Gasteiger partial charge < -0.3 is 15.1 Å². The highest BCUT2D eigenvalue weighted by molar-refractivity contribution is 5.84. The largest absolute Gasteiger partial charge is 0.374 e. The molecule has 4 nitrogen and oxygen atoms in total. The van der Waals surface area contributed by atoms with Crippen molar-refractivity contribution in [2.75, 3.05) is 30.4 Å². The average molecular weight is 337 g/mol. The second-order valence-electron chi connectivity index (χ2n) is 6.79. The molecular weight excluding hydrogens is 310 g/mol. The van der Waals surface area contributed by atoms with Gasteiger partial charge in [-0.1, -0.05) is 30.3 Å². The molecule has 0 aromatic heterocycles. The lowest BCUT2D eigenvalue weighted by Gasteiger charge is -2.23. The lowest BCUT2D eigenvalue weighted by Crippen LogP contribution is -2.38. The predicted octanol–water partition coefficient (Wildman–Crippen LogP) is 3.75. The van der Waals surface area contributed by atoms with Crippen LogP contribution in [0.2, 0.25) is 0 Å². The van der Waals surface area contributed by atoms with Crippen LogP contribution >= 0.6 is 0 Å². The number of carbonyl (C=O) groups excluding carboxylic acids is 1.